The van der Waals surface area contributed by atoms with Crippen LogP contribution in [0.1, 0.15) is 43.7 Å². The number of carbonyl (C=O) groups excluding carboxylic acids is 1. The molecular formula is C19H22O2. The Morgan fingerprint density at radius 1 is 1.24 bits per heavy atom. The molecule has 1 aromatic carbocycles. The highest BCUT2D eigenvalue weighted by atomic mass is 16.5. The molecule has 0 N–H and O–H groups in total. The summed E-state index contributed by atoms with van der Waals surface area (Å²) in [5, 5.41) is 0. The maximum atomic E-state index is 12.3. The van der Waals surface area contributed by atoms with Gasteiger partial charge in [0.2, 0.25) is 0 Å². The maximum absolute atomic E-state index is 12.3. The van der Waals surface area contributed by atoms with Gasteiger partial charge in [-0.15, -0.1) is 0 Å². The molecule has 2 heteroatoms. The van der Waals surface area contributed by atoms with E-state index in [1.807, 2.05) is 0 Å². The predicted octanol–water partition coefficient (Wildman–Crippen LogP) is 4.03. The second kappa shape index (κ2) is 4.46. The zero-order chi connectivity index (χ0) is 14.6. The second-order valence-electron chi connectivity index (χ2n) is 7.02. The summed E-state index contributed by atoms with van der Waals surface area (Å²) in [6.45, 7) is 2.20. The number of hydrogen-bond donors (Lipinski definition) is 0. The average molecular weight is 282 g/mol. The molecule has 0 bridgehead atoms. The standard InChI is InChI=1S/C19H22O2/c1-19-10-9-15-14-6-4-13(21-2)11-12(14)3-5-16(15)17(19)7-8-18(19)20/h4,6,9,11,16-17H,3,5,7-8,10H2,1-2H3/t16-,17-,19-/m0/s1. The third kappa shape index (κ3) is 1.74. The number of benzene rings is 1. The summed E-state index contributed by atoms with van der Waals surface area (Å²) >= 11 is 0. The van der Waals surface area contributed by atoms with Crippen molar-refractivity contribution < 1.29 is 9.53 Å². The van der Waals surface area contributed by atoms with E-state index < -0.39 is 0 Å². The van der Waals surface area contributed by atoms with Crippen molar-refractivity contribution in [2.24, 2.45) is 17.3 Å². The second-order valence-corrected chi connectivity index (χ2v) is 7.02. The molecule has 3 aliphatic carbocycles. The zero-order valence-corrected chi connectivity index (χ0v) is 12.8. The summed E-state index contributed by atoms with van der Waals surface area (Å²) < 4.78 is 5.35. The van der Waals surface area contributed by atoms with Crippen LogP contribution in [0.2, 0.25) is 0 Å². The molecule has 0 unspecified atom stereocenters. The lowest BCUT2D eigenvalue weighted by Gasteiger charge is -2.43. The van der Waals surface area contributed by atoms with Crippen molar-refractivity contribution in [3.8, 4) is 5.75 Å². The van der Waals surface area contributed by atoms with Crippen molar-refractivity contribution in [1.82, 2.24) is 0 Å². The van der Waals surface area contributed by atoms with Gasteiger partial charge >= 0.3 is 0 Å². The normalized spacial score (nSPS) is 33.8. The molecule has 0 aliphatic heterocycles. The number of ketones is 1. The molecule has 3 atom stereocenters. The average Bonchev–Trinajstić information content (AvgIpc) is 2.82. The van der Waals surface area contributed by atoms with E-state index in [1.54, 1.807) is 7.11 Å². The van der Waals surface area contributed by atoms with Crippen LogP contribution < -0.4 is 4.74 Å². The van der Waals surface area contributed by atoms with Crippen molar-refractivity contribution in [3.05, 3.63) is 35.4 Å². The molecule has 0 heterocycles. The van der Waals surface area contributed by atoms with Gasteiger partial charge in [-0.3, -0.25) is 4.79 Å². The molecular weight excluding hydrogens is 260 g/mol. The Balaban J connectivity index is 1.78. The van der Waals surface area contributed by atoms with E-state index in [2.05, 4.69) is 31.2 Å². The highest BCUT2D eigenvalue weighted by Crippen LogP contribution is 2.56. The summed E-state index contributed by atoms with van der Waals surface area (Å²) in [5.74, 6) is 2.57. The summed E-state index contributed by atoms with van der Waals surface area (Å²) in [6, 6.07) is 6.46. The summed E-state index contributed by atoms with van der Waals surface area (Å²) in [4.78, 5) is 12.3. The summed E-state index contributed by atoms with van der Waals surface area (Å²) in [7, 11) is 1.73. The van der Waals surface area contributed by atoms with Gasteiger partial charge in [0, 0.05) is 11.8 Å². The molecule has 4 rings (SSSR count). The van der Waals surface area contributed by atoms with Gasteiger partial charge in [-0.2, -0.15) is 0 Å². The number of Topliss-reactive ketones (excluding diaryl/α,β-unsaturated/α-hetero) is 1. The first-order valence-corrected chi connectivity index (χ1v) is 8.04. The smallest absolute Gasteiger partial charge is 0.139 e. The van der Waals surface area contributed by atoms with Gasteiger partial charge < -0.3 is 4.74 Å². The molecule has 2 nitrogen and oxygen atoms in total. The highest BCUT2D eigenvalue weighted by molar-refractivity contribution is 5.89. The molecule has 1 aromatic rings. The van der Waals surface area contributed by atoms with E-state index in [4.69, 9.17) is 4.74 Å². The van der Waals surface area contributed by atoms with Crippen LogP contribution in [0.4, 0.5) is 0 Å². The van der Waals surface area contributed by atoms with Crippen molar-refractivity contribution in [2.75, 3.05) is 7.11 Å². The van der Waals surface area contributed by atoms with Crippen LogP contribution in [0.25, 0.3) is 5.57 Å². The lowest BCUT2D eigenvalue weighted by molar-refractivity contribution is -0.126. The minimum absolute atomic E-state index is 0.0852. The topological polar surface area (TPSA) is 26.3 Å². The van der Waals surface area contributed by atoms with Gasteiger partial charge in [-0.05, 0) is 66.4 Å². The molecule has 1 fully saturated rings. The van der Waals surface area contributed by atoms with Gasteiger partial charge in [-0.1, -0.05) is 19.1 Å². The number of aryl methyl sites for hydroxylation is 1. The largest absolute Gasteiger partial charge is 0.497 e. The summed E-state index contributed by atoms with van der Waals surface area (Å²) in [5.41, 5.74) is 4.22. The van der Waals surface area contributed by atoms with E-state index in [9.17, 15) is 4.79 Å². The highest BCUT2D eigenvalue weighted by Gasteiger charge is 2.51. The van der Waals surface area contributed by atoms with Gasteiger partial charge in [0.1, 0.15) is 11.5 Å². The molecule has 110 valence electrons. The lowest BCUT2D eigenvalue weighted by atomic mass is 9.60. The van der Waals surface area contributed by atoms with Gasteiger partial charge in [0.05, 0.1) is 7.11 Å². The Hall–Kier alpha value is -1.57. The van der Waals surface area contributed by atoms with E-state index in [-0.39, 0.29) is 5.41 Å². The van der Waals surface area contributed by atoms with E-state index in [0.29, 0.717) is 17.6 Å². The van der Waals surface area contributed by atoms with Crippen LogP contribution in [0.3, 0.4) is 0 Å². The molecule has 0 spiro atoms. The Bertz CT molecular complexity index is 643. The monoisotopic (exact) mass is 282 g/mol. The van der Waals surface area contributed by atoms with Crippen LogP contribution in [-0.2, 0) is 11.2 Å². The van der Waals surface area contributed by atoms with Gasteiger partial charge in [-0.25, -0.2) is 0 Å². The third-order valence-electron chi connectivity index (χ3n) is 6.12. The van der Waals surface area contributed by atoms with Crippen LogP contribution >= 0.6 is 0 Å². The first-order chi connectivity index (χ1) is 10.1. The number of ether oxygens (including phenoxy) is 1. The number of methoxy groups -OCH3 is 1. The fraction of sp³-hybridized carbons (Fsp3) is 0.526. The van der Waals surface area contributed by atoms with Crippen LogP contribution in [0.5, 0.6) is 5.75 Å². The fourth-order valence-electron chi connectivity index (χ4n) is 4.86. The molecule has 0 saturated heterocycles. The third-order valence-corrected chi connectivity index (χ3v) is 6.12. The first kappa shape index (κ1) is 13.1. The van der Waals surface area contributed by atoms with E-state index >= 15 is 0 Å². The Labute approximate surface area is 126 Å². The number of hydrogen-bond acceptors (Lipinski definition) is 2. The molecule has 0 radical (unpaired) electrons. The minimum Gasteiger partial charge on any atom is -0.497 e. The van der Waals surface area contributed by atoms with E-state index in [1.165, 1.54) is 23.1 Å². The van der Waals surface area contributed by atoms with Crippen molar-refractivity contribution in [1.29, 1.82) is 0 Å². The quantitative estimate of drug-likeness (QED) is 0.777. The Kier molecular flexibility index (Phi) is 2.79. The van der Waals surface area contributed by atoms with Gasteiger partial charge in [0.15, 0.2) is 0 Å². The van der Waals surface area contributed by atoms with Crippen LogP contribution in [0, 0.1) is 17.3 Å². The van der Waals surface area contributed by atoms with Crippen molar-refractivity contribution >= 4 is 11.4 Å². The molecule has 0 amide bonds. The lowest BCUT2D eigenvalue weighted by Crippen LogP contribution is -2.38. The van der Waals surface area contributed by atoms with E-state index in [0.717, 1.165) is 31.4 Å². The molecule has 0 aromatic heterocycles. The van der Waals surface area contributed by atoms with Crippen molar-refractivity contribution in [3.63, 3.8) is 0 Å². The van der Waals surface area contributed by atoms with Gasteiger partial charge in [0.25, 0.3) is 0 Å². The molecule has 21 heavy (non-hydrogen) atoms. The number of rotatable bonds is 1. The Morgan fingerprint density at radius 2 is 2.10 bits per heavy atom. The Morgan fingerprint density at radius 3 is 2.90 bits per heavy atom. The fourth-order valence-corrected chi connectivity index (χ4v) is 4.86. The van der Waals surface area contributed by atoms with Crippen molar-refractivity contribution in [2.45, 2.75) is 39.0 Å². The maximum Gasteiger partial charge on any atom is 0.139 e. The predicted molar refractivity (Wildman–Crippen MR) is 83.2 cm³/mol. The molecule has 3 aliphatic rings. The minimum atomic E-state index is -0.0852. The SMILES string of the molecule is COc1ccc2c(c1)CC[C@H]1C2=CC[C@]2(C)C(=O)CC[C@@H]12. The number of carbonyl (C=O) groups is 1. The van der Waals surface area contributed by atoms with Crippen LogP contribution in [0.15, 0.2) is 24.3 Å². The first-order valence-electron chi connectivity index (χ1n) is 8.04. The number of allylic oxidation sites excluding steroid dienone is 2. The number of fused-ring (bicyclic) bond motifs is 5. The van der Waals surface area contributed by atoms with Crippen LogP contribution in [-0.4, -0.2) is 12.9 Å². The zero-order valence-electron chi connectivity index (χ0n) is 12.8. The summed E-state index contributed by atoms with van der Waals surface area (Å²) in [6.07, 6.45) is 7.44. The molecule has 1 saturated carbocycles.